The number of likely N-dealkylation sites (tertiary alicyclic amines) is 1. The van der Waals surface area contributed by atoms with E-state index in [1.54, 1.807) is 0 Å². The zero-order valence-corrected chi connectivity index (χ0v) is 15.8. The van der Waals surface area contributed by atoms with Gasteiger partial charge in [0.1, 0.15) is 0 Å². The summed E-state index contributed by atoms with van der Waals surface area (Å²) in [6.45, 7) is 3.29. The van der Waals surface area contributed by atoms with Crippen molar-refractivity contribution in [1.29, 1.82) is 0 Å². The Bertz CT molecular complexity index is 843. The number of halogens is 1. The Morgan fingerprint density at radius 2 is 1.78 bits per heavy atom. The summed E-state index contributed by atoms with van der Waals surface area (Å²) in [6.07, 6.45) is 2.35. The predicted molar refractivity (Wildman–Crippen MR) is 104 cm³/mol. The van der Waals surface area contributed by atoms with E-state index >= 15 is 0 Å². The molecule has 6 heteroatoms. The lowest BCUT2D eigenvalue weighted by molar-refractivity contribution is -0.00555. The van der Waals surface area contributed by atoms with Crippen LogP contribution in [0.25, 0.3) is 11.4 Å². The molecule has 4 rings (SSSR count). The average Bonchev–Trinajstić information content (AvgIpc) is 3.17. The molecule has 5 nitrogen and oxygen atoms in total. The van der Waals surface area contributed by atoms with E-state index in [0.29, 0.717) is 36.0 Å². The van der Waals surface area contributed by atoms with E-state index in [-0.39, 0.29) is 0 Å². The molecule has 1 saturated heterocycles. The Labute approximate surface area is 163 Å². The van der Waals surface area contributed by atoms with Gasteiger partial charge in [0.15, 0.2) is 0 Å². The quantitative estimate of drug-likeness (QED) is 0.624. The summed E-state index contributed by atoms with van der Waals surface area (Å²) in [7, 11) is 0. The largest absolute Gasteiger partial charge is 0.373 e. The molecular weight excluding hydrogens is 362 g/mol. The van der Waals surface area contributed by atoms with Crippen molar-refractivity contribution < 1.29 is 9.26 Å². The molecule has 0 saturated carbocycles. The molecule has 1 aromatic heterocycles. The maximum absolute atomic E-state index is 6.05. The lowest BCUT2D eigenvalue weighted by atomic mass is 10.1. The minimum Gasteiger partial charge on any atom is -0.373 e. The third-order valence-electron chi connectivity index (χ3n) is 4.79. The Morgan fingerprint density at radius 1 is 1.04 bits per heavy atom. The zero-order chi connectivity index (χ0) is 18.5. The van der Waals surface area contributed by atoms with Gasteiger partial charge in [-0.05, 0) is 42.7 Å². The van der Waals surface area contributed by atoms with Gasteiger partial charge in [0.05, 0.1) is 19.3 Å². The first-order valence-corrected chi connectivity index (χ1v) is 9.60. The van der Waals surface area contributed by atoms with Gasteiger partial charge >= 0.3 is 0 Å². The second-order valence-electron chi connectivity index (χ2n) is 6.79. The molecule has 0 radical (unpaired) electrons. The summed E-state index contributed by atoms with van der Waals surface area (Å²) < 4.78 is 11.5. The molecule has 27 heavy (non-hydrogen) atoms. The van der Waals surface area contributed by atoms with Gasteiger partial charge in [-0.25, -0.2) is 0 Å². The monoisotopic (exact) mass is 383 g/mol. The van der Waals surface area contributed by atoms with Crippen molar-refractivity contribution in [2.45, 2.75) is 32.1 Å². The summed E-state index contributed by atoms with van der Waals surface area (Å²) in [4.78, 5) is 6.84. The number of aromatic nitrogens is 2. The van der Waals surface area contributed by atoms with Crippen molar-refractivity contribution in [2.75, 3.05) is 13.1 Å². The van der Waals surface area contributed by atoms with Crippen LogP contribution in [0.3, 0.4) is 0 Å². The van der Waals surface area contributed by atoms with Crippen LogP contribution in [-0.4, -0.2) is 34.2 Å². The van der Waals surface area contributed by atoms with Crippen molar-refractivity contribution in [1.82, 2.24) is 15.0 Å². The maximum atomic E-state index is 6.05. The normalized spacial score (nSPS) is 15.9. The van der Waals surface area contributed by atoms with Gasteiger partial charge in [-0.3, -0.25) is 4.90 Å². The molecule has 1 fully saturated rings. The topological polar surface area (TPSA) is 51.4 Å². The van der Waals surface area contributed by atoms with Crippen molar-refractivity contribution in [2.24, 2.45) is 0 Å². The standard InChI is InChI=1S/C21H22ClN3O2/c22-18-8-6-17(7-9-18)21-23-20(27-24-21)14-25-12-10-19(11-13-25)26-15-16-4-2-1-3-5-16/h1-9,19H,10-15H2. The van der Waals surface area contributed by atoms with Gasteiger partial charge in [0.2, 0.25) is 11.7 Å². The van der Waals surface area contributed by atoms with E-state index in [1.165, 1.54) is 5.56 Å². The number of piperidine rings is 1. The van der Waals surface area contributed by atoms with Crippen LogP contribution in [-0.2, 0) is 17.9 Å². The van der Waals surface area contributed by atoms with E-state index in [2.05, 4.69) is 27.2 Å². The third kappa shape index (κ3) is 4.95. The highest BCUT2D eigenvalue weighted by atomic mass is 35.5. The fourth-order valence-electron chi connectivity index (χ4n) is 3.25. The number of ether oxygens (including phenoxy) is 1. The molecule has 140 valence electrons. The van der Waals surface area contributed by atoms with Crippen molar-refractivity contribution in [3.05, 3.63) is 71.1 Å². The van der Waals surface area contributed by atoms with Crippen molar-refractivity contribution in [3.8, 4) is 11.4 Å². The Kier molecular flexibility index (Phi) is 5.82. The van der Waals surface area contributed by atoms with Gasteiger partial charge in [-0.2, -0.15) is 4.98 Å². The van der Waals surface area contributed by atoms with E-state index in [9.17, 15) is 0 Å². The SMILES string of the molecule is Clc1ccc(-c2noc(CN3CCC(OCc4ccccc4)CC3)n2)cc1. The lowest BCUT2D eigenvalue weighted by Crippen LogP contribution is -2.36. The molecule has 3 aromatic rings. The third-order valence-corrected chi connectivity index (χ3v) is 5.04. The predicted octanol–water partition coefficient (Wildman–Crippen LogP) is 4.57. The molecule has 0 spiro atoms. The molecule has 0 atom stereocenters. The molecule has 2 heterocycles. The van der Waals surface area contributed by atoms with Gasteiger partial charge < -0.3 is 9.26 Å². The van der Waals surface area contributed by atoms with E-state index in [0.717, 1.165) is 31.5 Å². The maximum Gasteiger partial charge on any atom is 0.241 e. The molecule has 0 bridgehead atoms. The number of nitrogens with zero attached hydrogens (tertiary/aromatic N) is 3. The number of hydrogen-bond acceptors (Lipinski definition) is 5. The highest BCUT2D eigenvalue weighted by Crippen LogP contribution is 2.21. The van der Waals surface area contributed by atoms with Gasteiger partial charge in [-0.15, -0.1) is 0 Å². The number of hydrogen-bond donors (Lipinski definition) is 0. The van der Waals surface area contributed by atoms with Crippen LogP contribution in [0.5, 0.6) is 0 Å². The highest BCUT2D eigenvalue weighted by Gasteiger charge is 2.21. The fraction of sp³-hybridized carbons (Fsp3) is 0.333. The van der Waals surface area contributed by atoms with E-state index in [4.69, 9.17) is 20.9 Å². The second-order valence-corrected chi connectivity index (χ2v) is 7.23. The van der Waals surface area contributed by atoms with Gasteiger partial charge in [0, 0.05) is 23.7 Å². The molecule has 1 aliphatic rings. The summed E-state index contributed by atoms with van der Waals surface area (Å²) in [5.41, 5.74) is 2.13. The number of benzene rings is 2. The Balaban J connectivity index is 1.25. The first kappa shape index (κ1) is 18.2. The Hall–Kier alpha value is -2.21. The van der Waals surface area contributed by atoms with Crippen LogP contribution < -0.4 is 0 Å². The summed E-state index contributed by atoms with van der Waals surface area (Å²) in [5, 5.41) is 4.77. The second kappa shape index (κ2) is 8.65. The molecule has 0 unspecified atom stereocenters. The fourth-order valence-corrected chi connectivity index (χ4v) is 3.37. The minimum absolute atomic E-state index is 0.314. The first-order chi connectivity index (χ1) is 13.3. The molecule has 0 aliphatic carbocycles. The summed E-state index contributed by atoms with van der Waals surface area (Å²) >= 11 is 5.92. The molecule has 1 aliphatic heterocycles. The zero-order valence-electron chi connectivity index (χ0n) is 15.1. The van der Waals surface area contributed by atoms with Crippen LogP contribution in [0.2, 0.25) is 5.02 Å². The molecule has 0 amide bonds. The van der Waals surface area contributed by atoms with Crippen molar-refractivity contribution >= 4 is 11.6 Å². The molecular formula is C21H22ClN3O2. The van der Waals surface area contributed by atoms with Crippen LogP contribution in [0.4, 0.5) is 0 Å². The van der Waals surface area contributed by atoms with Crippen molar-refractivity contribution in [3.63, 3.8) is 0 Å². The number of rotatable bonds is 6. The van der Waals surface area contributed by atoms with Crippen LogP contribution in [0, 0.1) is 0 Å². The Morgan fingerprint density at radius 3 is 2.52 bits per heavy atom. The molecule has 2 aromatic carbocycles. The smallest absolute Gasteiger partial charge is 0.241 e. The summed E-state index contributed by atoms with van der Waals surface area (Å²) in [6, 6.07) is 17.8. The van der Waals surface area contributed by atoms with E-state index < -0.39 is 0 Å². The van der Waals surface area contributed by atoms with E-state index in [1.807, 2.05) is 42.5 Å². The van der Waals surface area contributed by atoms with Crippen LogP contribution >= 0.6 is 11.6 Å². The average molecular weight is 384 g/mol. The van der Waals surface area contributed by atoms with Gasteiger partial charge in [-0.1, -0.05) is 47.1 Å². The van der Waals surface area contributed by atoms with Gasteiger partial charge in [0.25, 0.3) is 0 Å². The lowest BCUT2D eigenvalue weighted by Gasteiger charge is -2.30. The van der Waals surface area contributed by atoms with Crippen LogP contribution in [0.15, 0.2) is 59.1 Å². The summed E-state index contributed by atoms with van der Waals surface area (Å²) in [5.74, 6) is 1.24. The first-order valence-electron chi connectivity index (χ1n) is 9.23. The minimum atomic E-state index is 0.314. The highest BCUT2D eigenvalue weighted by molar-refractivity contribution is 6.30. The van der Waals surface area contributed by atoms with Crippen LogP contribution in [0.1, 0.15) is 24.3 Å². The molecule has 0 N–H and O–H groups in total.